The van der Waals surface area contributed by atoms with Gasteiger partial charge in [-0.05, 0) is 18.1 Å². The van der Waals surface area contributed by atoms with Crippen LogP contribution in [0.25, 0.3) is 0 Å². The highest BCUT2D eigenvalue weighted by atomic mass is 16.5. The molecule has 16 heavy (non-hydrogen) atoms. The Morgan fingerprint density at radius 2 is 2.38 bits per heavy atom. The monoisotopic (exact) mass is 219 g/mol. The second kappa shape index (κ2) is 3.40. The fourth-order valence-electron chi connectivity index (χ4n) is 2.55. The Kier molecular flexibility index (Phi) is 2.02. The molecule has 3 rings (SSSR count). The summed E-state index contributed by atoms with van der Waals surface area (Å²) in [5, 5.41) is 9.21. The van der Waals surface area contributed by atoms with Crippen molar-refractivity contribution < 1.29 is 14.6 Å². The van der Waals surface area contributed by atoms with Crippen LogP contribution in [0, 0.1) is 0 Å². The molecule has 0 saturated carbocycles. The van der Waals surface area contributed by atoms with Crippen LogP contribution >= 0.6 is 0 Å². The number of carboxylic acid groups (broad SMARTS) is 1. The van der Waals surface area contributed by atoms with Gasteiger partial charge in [0.05, 0.1) is 12.3 Å². The number of ether oxygens (including phenoxy) is 1. The summed E-state index contributed by atoms with van der Waals surface area (Å²) in [6.07, 6.45) is 1.46. The van der Waals surface area contributed by atoms with E-state index in [1.54, 1.807) is 0 Å². The number of carboxylic acids is 1. The molecule has 0 radical (unpaired) electrons. The average Bonchev–Trinajstić information content (AvgIpc) is 2.50. The first-order chi connectivity index (χ1) is 7.77. The van der Waals surface area contributed by atoms with Crippen molar-refractivity contribution in [3.8, 4) is 5.75 Å². The predicted octanol–water partition coefficient (Wildman–Crippen LogP) is 1.28. The molecule has 1 aromatic rings. The summed E-state index contributed by atoms with van der Waals surface area (Å²) in [6.45, 7) is 1.43. The molecule has 0 spiro atoms. The first kappa shape index (κ1) is 9.51. The molecule has 0 aromatic heterocycles. The van der Waals surface area contributed by atoms with Gasteiger partial charge >= 0.3 is 5.97 Å². The largest absolute Gasteiger partial charge is 0.491 e. The molecule has 84 valence electrons. The third-order valence-corrected chi connectivity index (χ3v) is 3.25. The van der Waals surface area contributed by atoms with Crippen LogP contribution in [0.1, 0.15) is 12.0 Å². The maximum absolute atomic E-state index is 11.2. The van der Waals surface area contributed by atoms with Crippen molar-refractivity contribution in [3.63, 3.8) is 0 Å². The Hall–Kier alpha value is -1.71. The maximum atomic E-state index is 11.2. The van der Waals surface area contributed by atoms with Gasteiger partial charge in [0.15, 0.2) is 0 Å². The standard InChI is InChI=1S/C12H13NO3/c14-12(15)9-7-8-3-1-4-10-11(8)13(9)5-2-6-16-10/h1,3-4,9H,2,5-7H2,(H,14,15). The van der Waals surface area contributed by atoms with Crippen LogP contribution in [0.4, 0.5) is 5.69 Å². The molecule has 0 saturated heterocycles. The molecule has 1 unspecified atom stereocenters. The Morgan fingerprint density at radius 1 is 1.50 bits per heavy atom. The molecule has 4 heteroatoms. The van der Waals surface area contributed by atoms with Gasteiger partial charge in [0.1, 0.15) is 11.8 Å². The van der Waals surface area contributed by atoms with Gasteiger partial charge in [0.25, 0.3) is 0 Å². The molecular weight excluding hydrogens is 206 g/mol. The highest BCUT2D eigenvalue weighted by Gasteiger charge is 2.37. The van der Waals surface area contributed by atoms with Gasteiger partial charge in [-0.25, -0.2) is 4.79 Å². The third-order valence-electron chi connectivity index (χ3n) is 3.25. The highest BCUT2D eigenvalue weighted by molar-refractivity contribution is 5.84. The molecule has 2 aliphatic heterocycles. The first-order valence-corrected chi connectivity index (χ1v) is 5.51. The lowest BCUT2D eigenvalue weighted by atomic mass is 10.1. The van der Waals surface area contributed by atoms with Crippen LogP contribution in [0.5, 0.6) is 5.75 Å². The number of carbonyl (C=O) groups is 1. The van der Waals surface area contributed by atoms with Crippen LogP contribution in [0.15, 0.2) is 18.2 Å². The fourth-order valence-corrected chi connectivity index (χ4v) is 2.55. The van der Waals surface area contributed by atoms with Gasteiger partial charge in [0, 0.05) is 13.0 Å². The van der Waals surface area contributed by atoms with Crippen LogP contribution in [-0.4, -0.2) is 30.3 Å². The summed E-state index contributed by atoms with van der Waals surface area (Å²) >= 11 is 0. The Labute approximate surface area is 93.4 Å². The van der Waals surface area contributed by atoms with E-state index < -0.39 is 12.0 Å². The molecule has 0 bridgehead atoms. The molecule has 1 N–H and O–H groups in total. The van der Waals surface area contributed by atoms with E-state index in [-0.39, 0.29) is 0 Å². The topological polar surface area (TPSA) is 49.8 Å². The molecule has 2 aliphatic rings. The van der Waals surface area contributed by atoms with Gasteiger partial charge in [-0.3, -0.25) is 0 Å². The lowest BCUT2D eigenvalue weighted by Gasteiger charge is -2.22. The smallest absolute Gasteiger partial charge is 0.326 e. The lowest BCUT2D eigenvalue weighted by molar-refractivity contribution is -0.138. The number of para-hydroxylation sites is 1. The van der Waals surface area contributed by atoms with E-state index >= 15 is 0 Å². The summed E-state index contributed by atoms with van der Waals surface area (Å²) in [5.74, 6) is 0.0859. The van der Waals surface area contributed by atoms with Crippen LogP contribution in [0.3, 0.4) is 0 Å². The SMILES string of the molecule is O=C(O)C1Cc2cccc3c2N1CCCO3. The summed E-state index contributed by atoms with van der Waals surface area (Å²) in [6, 6.07) is 5.42. The van der Waals surface area contributed by atoms with Crippen molar-refractivity contribution in [2.24, 2.45) is 0 Å². The van der Waals surface area contributed by atoms with Crippen molar-refractivity contribution in [1.29, 1.82) is 0 Å². The quantitative estimate of drug-likeness (QED) is 0.773. The average molecular weight is 219 g/mol. The summed E-state index contributed by atoms with van der Waals surface area (Å²) in [5.41, 5.74) is 2.08. The van der Waals surface area contributed by atoms with Crippen molar-refractivity contribution in [2.45, 2.75) is 18.9 Å². The van der Waals surface area contributed by atoms with E-state index in [0.29, 0.717) is 13.0 Å². The minimum absolute atomic E-state index is 0.419. The second-order valence-corrected chi connectivity index (χ2v) is 4.22. The third kappa shape index (κ3) is 1.26. The molecule has 0 fully saturated rings. The Balaban J connectivity index is 2.10. The summed E-state index contributed by atoms with van der Waals surface area (Å²) in [4.78, 5) is 13.2. The zero-order chi connectivity index (χ0) is 11.1. The molecular formula is C12H13NO3. The van der Waals surface area contributed by atoms with Crippen LogP contribution < -0.4 is 9.64 Å². The molecule has 0 aliphatic carbocycles. The summed E-state index contributed by atoms with van der Waals surface area (Å²) < 4.78 is 5.63. The van der Waals surface area contributed by atoms with E-state index in [1.807, 2.05) is 23.1 Å². The molecule has 2 heterocycles. The van der Waals surface area contributed by atoms with E-state index in [0.717, 1.165) is 30.0 Å². The summed E-state index contributed by atoms with van der Waals surface area (Å²) in [7, 11) is 0. The Bertz CT molecular complexity index is 444. The maximum Gasteiger partial charge on any atom is 0.326 e. The van der Waals surface area contributed by atoms with Crippen molar-refractivity contribution in [2.75, 3.05) is 18.1 Å². The number of anilines is 1. The number of rotatable bonds is 1. The fraction of sp³-hybridized carbons (Fsp3) is 0.417. The van der Waals surface area contributed by atoms with Crippen molar-refractivity contribution in [3.05, 3.63) is 23.8 Å². The normalized spacial score (nSPS) is 22.2. The van der Waals surface area contributed by atoms with Gasteiger partial charge in [-0.15, -0.1) is 0 Å². The van der Waals surface area contributed by atoms with Gasteiger partial charge in [-0.1, -0.05) is 12.1 Å². The predicted molar refractivity (Wildman–Crippen MR) is 59.0 cm³/mol. The number of nitrogens with zero attached hydrogens (tertiary/aromatic N) is 1. The van der Waals surface area contributed by atoms with Crippen molar-refractivity contribution >= 4 is 11.7 Å². The first-order valence-electron chi connectivity index (χ1n) is 5.51. The zero-order valence-corrected chi connectivity index (χ0v) is 8.85. The van der Waals surface area contributed by atoms with Crippen LogP contribution in [0.2, 0.25) is 0 Å². The number of hydrogen-bond donors (Lipinski definition) is 1. The van der Waals surface area contributed by atoms with E-state index in [9.17, 15) is 9.90 Å². The number of hydrogen-bond acceptors (Lipinski definition) is 3. The minimum Gasteiger partial charge on any atom is -0.491 e. The number of aliphatic carboxylic acids is 1. The molecule has 4 nitrogen and oxygen atoms in total. The Morgan fingerprint density at radius 3 is 3.19 bits per heavy atom. The van der Waals surface area contributed by atoms with Gasteiger partial charge in [0.2, 0.25) is 0 Å². The molecule has 1 aromatic carbocycles. The van der Waals surface area contributed by atoms with Gasteiger partial charge < -0.3 is 14.7 Å². The van der Waals surface area contributed by atoms with Crippen molar-refractivity contribution in [1.82, 2.24) is 0 Å². The van der Waals surface area contributed by atoms with E-state index in [1.165, 1.54) is 0 Å². The van der Waals surface area contributed by atoms with E-state index in [2.05, 4.69) is 0 Å². The number of benzene rings is 1. The molecule has 0 amide bonds. The van der Waals surface area contributed by atoms with E-state index in [4.69, 9.17) is 4.74 Å². The molecule has 1 atom stereocenters. The van der Waals surface area contributed by atoms with Crippen LogP contribution in [-0.2, 0) is 11.2 Å². The second-order valence-electron chi connectivity index (χ2n) is 4.22. The lowest BCUT2D eigenvalue weighted by Crippen LogP contribution is -2.38. The zero-order valence-electron chi connectivity index (χ0n) is 8.85. The minimum atomic E-state index is -0.746. The van der Waals surface area contributed by atoms with Gasteiger partial charge in [-0.2, -0.15) is 0 Å². The highest BCUT2D eigenvalue weighted by Crippen LogP contribution is 2.41.